The predicted octanol–water partition coefficient (Wildman–Crippen LogP) is 2.78. The van der Waals surface area contributed by atoms with Gasteiger partial charge >= 0.3 is 6.18 Å². The molecular formula is C11H15ClF3N3. The molecule has 1 aromatic heterocycles. The van der Waals surface area contributed by atoms with Crippen LogP contribution in [0.3, 0.4) is 0 Å². The zero-order valence-corrected chi connectivity index (χ0v) is 10.9. The number of hydrogen-bond acceptors (Lipinski definition) is 3. The molecule has 0 amide bonds. The topological polar surface area (TPSA) is 42.1 Å². The molecule has 0 saturated carbocycles. The molecule has 3 nitrogen and oxygen atoms in total. The highest BCUT2D eigenvalue weighted by Crippen LogP contribution is 2.33. The van der Waals surface area contributed by atoms with Crippen molar-refractivity contribution in [1.29, 1.82) is 0 Å². The first-order valence-electron chi connectivity index (χ1n) is 5.39. The van der Waals surface area contributed by atoms with Gasteiger partial charge in [0.05, 0.1) is 10.6 Å². The van der Waals surface area contributed by atoms with Gasteiger partial charge in [0.2, 0.25) is 0 Å². The molecule has 1 unspecified atom stereocenters. The van der Waals surface area contributed by atoms with Crippen molar-refractivity contribution >= 4 is 17.4 Å². The molecule has 18 heavy (non-hydrogen) atoms. The fraction of sp³-hybridized carbons (Fsp3) is 0.545. The first-order chi connectivity index (χ1) is 8.25. The van der Waals surface area contributed by atoms with Crippen LogP contribution in [0.25, 0.3) is 0 Å². The summed E-state index contributed by atoms with van der Waals surface area (Å²) < 4.78 is 37.3. The van der Waals surface area contributed by atoms with Gasteiger partial charge < -0.3 is 10.6 Å². The van der Waals surface area contributed by atoms with E-state index in [9.17, 15) is 13.2 Å². The number of nitrogens with zero attached hydrogens (tertiary/aromatic N) is 2. The Labute approximate surface area is 109 Å². The highest BCUT2D eigenvalue weighted by Gasteiger charge is 2.31. The van der Waals surface area contributed by atoms with Crippen LogP contribution in [0, 0.1) is 5.92 Å². The maximum atomic E-state index is 12.4. The maximum absolute atomic E-state index is 12.4. The summed E-state index contributed by atoms with van der Waals surface area (Å²) in [5.74, 6) is 0.528. The second-order valence-electron chi connectivity index (χ2n) is 4.25. The van der Waals surface area contributed by atoms with Crippen LogP contribution in [0.15, 0.2) is 12.3 Å². The standard InChI is InChI=1S/C11H15ClF3N3/c1-7(4-16)6-18(2)10-9(12)3-8(5-17-10)11(13,14)15/h3,5,7H,4,6,16H2,1-2H3. The summed E-state index contributed by atoms with van der Waals surface area (Å²) >= 11 is 5.82. The van der Waals surface area contributed by atoms with E-state index in [4.69, 9.17) is 17.3 Å². The van der Waals surface area contributed by atoms with Crippen LogP contribution in [-0.4, -0.2) is 25.1 Å². The fourth-order valence-corrected chi connectivity index (χ4v) is 1.81. The van der Waals surface area contributed by atoms with Crippen LogP contribution < -0.4 is 10.6 Å². The minimum absolute atomic E-state index is 0.0171. The maximum Gasteiger partial charge on any atom is 0.417 e. The molecule has 0 radical (unpaired) electrons. The molecular weight excluding hydrogens is 267 g/mol. The second-order valence-corrected chi connectivity index (χ2v) is 4.66. The van der Waals surface area contributed by atoms with Crippen LogP contribution in [0.2, 0.25) is 5.02 Å². The largest absolute Gasteiger partial charge is 0.417 e. The van der Waals surface area contributed by atoms with Crippen LogP contribution in [0.5, 0.6) is 0 Å². The summed E-state index contributed by atoms with van der Waals surface area (Å²) in [4.78, 5) is 5.46. The third-order valence-electron chi connectivity index (χ3n) is 2.50. The Morgan fingerprint density at radius 2 is 2.11 bits per heavy atom. The summed E-state index contributed by atoms with van der Waals surface area (Å²) in [5, 5.41) is -0.0171. The lowest BCUT2D eigenvalue weighted by Crippen LogP contribution is -2.29. The van der Waals surface area contributed by atoms with E-state index in [1.807, 2.05) is 6.92 Å². The lowest BCUT2D eigenvalue weighted by Gasteiger charge is -2.23. The third kappa shape index (κ3) is 3.74. The molecule has 1 rings (SSSR count). The first kappa shape index (κ1) is 15.0. The smallest absolute Gasteiger partial charge is 0.358 e. The average Bonchev–Trinajstić information content (AvgIpc) is 2.27. The van der Waals surface area contributed by atoms with Gasteiger partial charge in [0.1, 0.15) is 5.82 Å². The van der Waals surface area contributed by atoms with Crippen molar-refractivity contribution in [3.8, 4) is 0 Å². The van der Waals surface area contributed by atoms with E-state index in [2.05, 4.69) is 4.98 Å². The number of anilines is 1. The van der Waals surface area contributed by atoms with Gasteiger partial charge in [-0.25, -0.2) is 4.98 Å². The van der Waals surface area contributed by atoms with Gasteiger partial charge in [0.15, 0.2) is 0 Å². The van der Waals surface area contributed by atoms with E-state index in [-0.39, 0.29) is 10.9 Å². The van der Waals surface area contributed by atoms with Gasteiger partial charge in [-0.05, 0) is 18.5 Å². The van der Waals surface area contributed by atoms with Crippen LogP contribution in [-0.2, 0) is 6.18 Å². The van der Waals surface area contributed by atoms with Gasteiger partial charge in [-0.3, -0.25) is 0 Å². The number of aromatic nitrogens is 1. The minimum atomic E-state index is -4.43. The predicted molar refractivity (Wildman–Crippen MR) is 65.7 cm³/mol. The van der Waals surface area contributed by atoms with Crippen molar-refractivity contribution in [1.82, 2.24) is 4.98 Å². The van der Waals surface area contributed by atoms with Crippen molar-refractivity contribution in [2.75, 3.05) is 25.0 Å². The molecule has 1 aromatic rings. The zero-order valence-electron chi connectivity index (χ0n) is 10.1. The van der Waals surface area contributed by atoms with E-state index < -0.39 is 11.7 Å². The van der Waals surface area contributed by atoms with E-state index in [1.54, 1.807) is 11.9 Å². The van der Waals surface area contributed by atoms with Crippen molar-refractivity contribution in [3.05, 3.63) is 22.8 Å². The number of pyridine rings is 1. The molecule has 7 heteroatoms. The van der Waals surface area contributed by atoms with Crippen LogP contribution in [0.4, 0.5) is 19.0 Å². The lowest BCUT2D eigenvalue weighted by molar-refractivity contribution is -0.137. The molecule has 2 N–H and O–H groups in total. The normalized spacial score (nSPS) is 13.5. The van der Waals surface area contributed by atoms with Gasteiger partial charge in [0, 0.05) is 19.8 Å². The Balaban J connectivity index is 2.92. The van der Waals surface area contributed by atoms with E-state index >= 15 is 0 Å². The molecule has 0 saturated heterocycles. The van der Waals surface area contributed by atoms with Gasteiger partial charge in [-0.15, -0.1) is 0 Å². The number of hydrogen-bond donors (Lipinski definition) is 1. The fourth-order valence-electron chi connectivity index (χ4n) is 1.50. The number of nitrogens with two attached hydrogens (primary N) is 1. The van der Waals surface area contributed by atoms with Crippen molar-refractivity contribution < 1.29 is 13.2 Å². The first-order valence-corrected chi connectivity index (χ1v) is 5.77. The Kier molecular flexibility index (Phi) is 4.81. The summed E-state index contributed by atoms with van der Waals surface area (Å²) in [6, 6.07) is 0.882. The zero-order chi connectivity index (χ0) is 13.9. The Hall–Kier alpha value is -1.01. The van der Waals surface area contributed by atoms with Crippen molar-refractivity contribution in [3.63, 3.8) is 0 Å². The Morgan fingerprint density at radius 3 is 2.56 bits per heavy atom. The SMILES string of the molecule is CC(CN)CN(C)c1ncc(C(F)(F)F)cc1Cl. The summed E-state index contributed by atoms with van der Waals surface area (Å²) in [5.41, 5.74) is 4.64. The van der Waals surface area contributed by atoms with Gasteiger partial charge in [0.25, 0.3) is 0 Å². The van der Waals surface area contributed by atoms with E-state index in [1.165, 1.54) is 0 Å². The van der Waals surface area contributed by atoms with Crippen LogP contribution in [0.1, 0.15) is 12.5 Å². The molecule has 0 aliphatic carbocycles. The van der Waals surface area contributed by atoms with E-state index in [0.29, 0.717) is 18.9 Å². The number of halogens is 4. The molecule has 1 atom stereocenters. The summed E-state index contributed by atoms with van der Waals surface area (Å²) in [6.07, 6.45) is -3.65. The second kappa shape index (κ2) is 5.75. The molecule has 0 spiro atoms. The van der Waals surface area contributed by atoms with Crippen molar-refractivity contribution in [2.45, 2.75) is 13.1 Å². The van der Waals surface area contributed by atoms with E-state index in [0.717, 1.165) is 12.3 Å². The molecule has 0 aliphatic rings. The molecule has 102 valence electrons. The van der Waals surface area contributed by atoms with Gasteiger partial charge in [-0.1, -0.05) is 18.5 Å². The summed E-state index contributed by atoms with van der Waals surface area (Å²) in [6.45, 7) is 3.01. The highest BCUT2D eigenvalue weighted by molar-refractivity contribution is 6.33. The third-order valence-corrected chi connectivity index (χ3v) is 2.78. The lowest BCUT2D eigenvalue weighted by atomic mass is 10.2. The highest BCUT2D eigenvalue weighted by atomic mass is 35.5. The minimum Gasteiger partial charge on any atom is -0.358 e. The van der Waals surface area contributed by atoms with Crippen LogP contribution >= 0.6 is 11.6 Å². The summed E-state index contributed by atoms with van der Waals surface area (Å²) in [7, 11) is 1.72. The molecule has 0 fully saturated rings. The number of rotatable bonds is 4. The van der Waals surface area contributed by atoms with Gasteiger partial charge in [-0.2, -0.15) is 13.2 Å². The molecule has 0 aliphatic heterocycles. The monoisotopic (exact) mass is 281 g/mol. The Morgan fingerprint density at radius 1 is 1.50 bits per heavy atom. The number of alkyl halides is 3. The Bertz CT molecular complexity index is 409. The quantitative estimate of drug-likeness (QED) is 0.923. The van der Waals surface area contributed by atoms with Crippen molar-refractivity contribution in [2.24, 2.45) is 11.7 Å². The molecule has 0 bridgehead atoms. The molecule has 1 heterocycles. The average molecular weight is 282 g/mol. The molecule has 0 aromatic carbocycles.